The average molecular weight is 776 g/mol. The van der Waals surface area contributed by atoms with Gasteiger partial charge in [0.15, 0.2) is 0 Å². The van der Waals surface area contributed by atoms with Crippen LogP contribution in [0, 0.1) is 0 Å². The van der Waals surface area contributed by atoms with E-state index in [0.29, 0.717) is 0 Å². The molecule has 6 nitrogen and oxygen atoms in total. The zero-order valence-corrected chi connectivity index (χ0v) is 20.0. The minimum Gasteiger partial charge on any atom is -0.857 e. The summed E-state index contributed by atoms with van der Waals surface area (Å²) in [6, 6.07) is 0. The van der Waals surface area contributed by atoms with Gasteiger partial charge < -0.3 is 5.11 Å². The van der Waals surface area contributed by atoms with Crippen molar-refractivity contribution in [3.8, 4) is 0 Å². The summed E-state index contributed by atoms with van der Waals surface area (Å²) in [4.78, 5) is 0. The average Bonchev–Trinajstić information content (AvgIpc) is 2.74. The Morgan fingerprint density at radius 3 is 1.09 bits per heavy atom. The lowest BCUT2D eigenvalue weighted by molar-refractivity contribution is -0.549. The van der Waals surface area contributed by atoms with Crippen molar-refractivity contribution in [3.05, 3.63) is 0 Å². The van der Waals surface area contributed by atoms with Gasteiger partial charge in [-0.15, -0.1) is 0 Å². The second-order valence-corrected chi connectivity index (χ2v) is 9.18. The third kappa shape index (κ3) is 6.61. The van der Waals surface area contributed by atoms with Gasteiger partial charge in [-0.2, -0.15) is 127 Å². The molecule has 2 atom stereocenters. The first-order valence-electron chi connectivity index (χ1n) is 9.13. The van der Waals surface area contributed by atoms with Crippen molar-refractivity contribution in [1.29, 1.82) is 0 Å². The summed E-state index contributed by atoms with van der Waals surface area (Å²) < 4.78 is 360. The molecule has 0 spiro atoms. The zero-order valence-electron chi connectivity index (χ0n) is 19.2. The van der Waals surface area contributed by atoms with Gasteiger partial charge in [0.05, 0.1) is 5.90 Å². The van der Waals surface area contributed by atoms with Gasteiger partial charge in [-0.3, -0.25) is 9.47 Å². The monoisotopic (exact) mass is 776 g/mol. The van der Waals surface area contributed by atoms with Crippen LogP contribution in [0.5, 0.6) is 0 Å². The van der Waals surface area contributed by atoms with Crippen LogP contribution in [-0.4, -0.2) is 86.0 Å². The van der Waals surface area contributed by atoms with Crippen molar-refractivity contribution in [2.75, 3.05) is 0 Å². The first-order valence-corrected chi connectivity index (χ1v) is 10.6. The lowest BCUT2D eigenvalue weighted by Crippen LogP contribution is -2.69. The molecule has 0 N–H and O–H groups in total. The van der Waals surface area contributed by atoms with E-state index in [9.17, 15) is 128 Å². The van der Waals surface area contributed by atoms with E-state index in [1.54, 1.807) is 0 Å². The number of hydrogen-bond donors (Lipinski definition) is 0. The SMILES string of the molecule is O=S(=O)(/N=C(\[O-])C(F)(OC(F)(F)C(F)(OC(F)(F)C(F)(F)C(F)(F)F)C(F)(F)F)C(F)(F)F)C(F)(F)C(F)(F)C(F)(F)C(F)(F)F. The molecule has 0 rings (SSSR count). The van der Waals surface area contributed by atoms with Crippen LogP contribution in [0.25, 0.3) is 0 Å². The fourth-order valence-corrected chi connectivity index (χ4v) is 2.80. The lowest BCUT2D eigenvalue weighted by atomic mass is 10.1. The summed E-state index contributed by atoms with van der Waals surface area (Å²) in [5.41, 5.74) is 0. The molecule has 0 aliphatic rings. The Hall–Kier alpha value is -2.48. The molecule has 0 radical (unpaired) electrons. The van der Waals surface area contributed by atoms with Gasteiger partial charge in [0.2, 0.25) is 0 Å². The summed E-state index contributed by atoms with van der Waals surface area (Å²) >= 11 is 0. The van der Waals surface area contributed by atoms with Gasteiger partial charge in [-0.05, 0) is 0 Å². The molecule has 0 fully saturated rings. The lowest BCUT2D eigenvalue weighted by Gasteiger charge is -2.41. The molecule has 0 aromatic carbocycles. The third-order valence-corrected chi connectivity index (χ3v) is 5.59. The van der Waals surface area contributed by atoms with Crippen molar-refractivity contribution in [2.24, 2.45) is 4.40 Å². The standard InChI is InChI=1S/C13HF26NO5S/c14-2(7(22,23)24,1(41)40-46(42,43)13(38,39)4(17,18)3(15,16)8(25,26)27)44-12(36,37)6(21,10(31,32)33)45-11(34,35)5(19,20)9(28,29)30/h(H,40,41)/p-1. The Kier molecular flexibility index (Phi) is 10.4. The van der Waals surface area contributed by atoms with E-state index < -0.39 is 87.6 Å². The van der Waals surface area contributed by atoms with E-state index in [4.69, 9.17) is 0 Å². The maximum Gasteiger partial charge on any atom is 0.462 e. The molecule has 46 heavy (non-hydrogen) atoms. The topological polar surface area (TPSA) is 88.0 Å². The second-order valence-electron chi connectivity index (χ2n) is 7.53. The number of nitrogens with zero attached hydrogens (tertiary/aromatic N) is 1. The molecule has 0 aliphatic carbocycles. The highest BCUT2D eigenvalue weighted by Crippen LogP contribution is 2.58. The molecule has 0 saturated heterocycles. The van der Waals surface area contributed by atoms with Crippen LogP contribution in [0.2, 0.25) is 0 Å². The van der Waals surface area contributed by atoms with Crippen LogP contribution < -0.4 is 5.11 Å². The smallest absolute Gasteiger partial charge is 0.462 e. The predicted molar refractivity (Wildman–Crippen MR) is 80.1 cm³/mol. The molecule has 33 heteroatoms. The fraction of sp³-hybridized carbons (Fsp3) is 0.923. The molecule has 0 aromatic heterocycles. The van der Waals surface area contributed by atoms with Crippen LogP contribution in [0.3, 0.4) is 0 Å². The highest BCUT2D eigenvalue weighted by molar-refractivity contribution is 7.91. The summed E-state index contributed by atoms with van der Waals surface area (Å²) in [5, 5.41) is 2.79. The first-order chi connectivity index (χ1) is 19.3. The molecule has 0 amide bonds. The van der Waals surface area contributed by atoms with E-state index in [0.717, 1.165) is 4.74 Å². The highest BCUT2D eigenvalue weighted by Gasteiger charge is 2.87. The van der Waals surface area contributed by atoms with Crippen LogP contribution in [-0.2, 0) is 19.5 Å². The second kappa shape index (κ2) is 11.0. The van der Waals surface area contributed by atoms with Crippen molar-refractivity contribution < 1.29 is 137 Å². The quantitative estimate of drug-likeness (QED) is 0.138. The number of sulfonamides is 1. The maximum atomic E-state index is 14.2. The van der Waals surface area contributed by atoms with Gasteiger partial charge in [-0.1, -0.05) is 0 Å². The Bertz CT molecular complexity index is 1260. The van der Waals surface area contributed by atoms with Gasteiger partial charge in [0.1, 0.15) is 0 Å². The molecule has 0 aliphatic heterocycles. The summed E-state index contributed by atoms with van der Waals surface area (Å²) in [6.07, 6.45) is -49.8. The summed E-state index contributed by atoms with van der Waals surface area (Å²) in [7, 11) is -9.03. The zero-order chi connectivity index (χ0) is 38.2. The molecular weight excluding hydrogens is 776 g/mol. The maximum absolute atomic E-state index is 14.2. The van der Waals surface area contributed by atoms with Gasteiger partial charge in [0.25, 0.3) is 0 Å². The number of rotatable bonds is 11. The predicted octanol–water partition coefficient (Wildman–Crippen LogP) is 6.37. The molecule has 0 bridgehead atoms. The van der Waals surface area contributed by atoms with Crippen LogP contribution in [0.15, 0.2) is 4.40 Å². The Labute approximate surface area is 230 Å². The van der Waals surface area contributed by atoms with Crippen LogP contribution >= 0.6 is 0 Å². The minimum absolute atomic E-state index is 0.0566. The third-order valence-electron chi connectivity index (χ3n) is 4.28. The molecule has 0 heterocycles. The number of hydrogen-bond acceptors (Lipinski definition) is 5. The van der Waals surface area contributed by atoms with Crippen molar-refractivity contribution >= 4 is 15.9 Å². The Morgan fingerprint density at radius 2 is 0.804 bits per heavy atom. The Balaban J connectivity index is 7.49. The highest BCUT2D eigenvalue weighted by atomic mass is 32.2. The van der Waals surface area contributed by atoms with E-state index in [1.165, 1.54) is 4.74 Å². The minimum atomic E-state index is -9.03. The molecule has 0 saturated carbocycles. The van der Waals surface area contributed by atoms with Crippen LogP contribution in [0.1, 0.15) is 0 Å². The largest absolute Gasteiger partial charge is 0.857 e. The van der Waals surface area contributed by atoms with Crippen LogP contribution in [0.4, 0.5) is 114 Å². The fourth-order valence-electron chi connectivity index (χ4n) is 1.90. The van der Waals surface area contributed by atoms with Crippen molar-refractivity contribution in [2.45, 2.75) is 71.7 Å². The van der Waals surface area contributed by atoms with Gasteiger partial charge in [0, 0.05) is 0 Å². The van der Waals surface area contributed by atoms with E-state index in [-0.39, 0.29) is 4.40 Å². The number of halogens is 26. The molecular formula is C13F26NO5S-. The van der Waals surface area contributed by atoms with E-state index in [2.05, 4.69) is 0 Å². The van der Waals surface area contributed by atoms with Crippen molar-refractivity contribution in [1.82, 2.24) is 0 Å². The first kappa shape index (κ1) is 43.5. The van der Waals surface area contributed by atoms with Crippen molar-refractivity contribution in [3.63, 3.8) is 0 Å². The summed E-state index contributed by atoms with van der Waals surface area (Å²) in [5.74, 6) is -47.6. The van der Waals surface area contributed by atoms with E-state index in [1.807, 2.05) is 0 Å². The molecule has 0 aromatic rings. The van der Waals surface area contributed by atoms with E-state index >= 15 is 0 Å². The van der Waals surface area contributed by atoms with Gasteiger partial charge in [-0.25, -0.2) is 0 Å². The normalized spacial score (nSPS) is 19.1. The Morgan fingerprint density at radius 1 is 0.457 bits per heavy atom. The van der Waals surface area contributed by atoms with Gasteiger partial charge >= 0.3 is 81.7 Å². The summed E-state index contributed by atoms with van der Waals surface area (Å²) in [6.45, 7) is 0. The number of ether oxygens (including phenoxy) is 2. The molecule has 276 valence electrons. The number of alkyl halides is 26. The molecule has 2 unspecified atom stereocenters.